The number of thioether (sulfide) groups is 1. The Labute approximate surface area is 309 Å². The molecule has 4 aliphatic rings. The Kier molecular flexibility index (Phi) is 7.18. The molecule has 2 aromatic heterocycles. The summed E-state index contributed by atoms with van der Waals surface area (Å²) in [5.41, 5.74) is 13.4. The highest BCUT2D eigenvalue weighted by atomic mass is 32.2. The van der Waals surface area contributed by atoms with E-state index in [0.717, 1.165) is 37.8 Å². The maximum absolute atomic E-state index is 5.38. The number of fused-ring (bicyclic) bond motifs is 10. The van der Waals surface area contributed by atoms with Gasteiger partial charge in [0.2, 0.25) is 0 Å². The Hall–Kier alpha value is -5.12. The monoisotopic (exact) mass is 688 g/mol. The molecular weight excluding hydrogens is 649 g/mol. The number of benzene rings is 5. The van der Waals surface area contributed by atoms with Gasteiger partial charge in [-0.15, -0.1) is 11.8 Å². The third-order valence-corrected chi connectivity index (χ3v) is 13.6. The standard InChI is InChI=1S/C49H40N2S/c1-3-15-33(16-4-1)42-29-35(30-43(50-42)34-17-5-2-6-18-34)51-44-27-25-32-14-8-10-21-37(32)46(44)47-45(51)28-26-41-40-24-12-23-39(48(40)52-49(41)47)38-22-11-19-31-13-7-9-20-36(31)38/h3,5,7-17,19-25,27,29-30,34,41,49H,1-2,4,6,18,26,28H2. The number of hydrogen-bond donors (Lipinski definition) is 0. The van der Waals surface area contributed by atoms with E-state index < -0.39 is 0 Å². The van der Waals surface area contributed by atoms with Gasteiger partial charge in [-0.2, -0.15) is 0 Å². The van der Waals surface area contributed by atoms with Crippen LogP contribution in [0.2, 0.25) is 0 Å². The fourth-order valence-corrected chi connectivity index (χ4v) is 11.5. The van der Waals surface area contributed by atoms with Crippen LogP contribution in [0.3, 0.4) is 0 Å². The van der Waals surface area contributed by atoms with Gasteiger partial charge in [-0.25, -0.2) is 0 Å². The largest absolute Gasteiger partial charge is 0.313 e. The van der Waals surface area contributed by atoms with E-state index in [4.69, 9.17) is 4.98 Å². The lowest BCUT2D eigenvalue weighted by Gasteiger charge is -2.28. The fraction of sp³-hybridized carbons (Fsp3) is 0.204. The van der Waals surface area contributed by atoms with Gasteiger partial charge in [-0.1, -0.05) is 121 Å². The molecule has 1 aliphatic heterocycles. The van der Waals surface area contributed by atoms with Crippen molar-refractivity contribution in [3.8, 4) is 16.8 Å². The molecule has 3 atom stereocenters. The van der Waals surface area contributed by atoms with Gasteiger partial charge in [-0.05, 0) is 113 Å². The highest BCUT2D eigenvalue weighted by Gasteiger charge is 2.42. The van der Waals surface area contributed by atoms with Crippen molar-refractivity contribution < 1.29 is 0 Å². The van der Waals surface area contributed by atoms with Crippen LogP contribution in [0, 0.1) is 0 Å². The zero-order chi connectivity index (χ0) is 34.2. The summed E-state index contributed by atoms with van der Waals surface area (Å²) in [6.07, 6.45) is 19.7. The van der Waals surface area contributed by atoms with Crippen LogP contribution < -0.4 is 0 Å². The van der Waals surface area contributed by atoms with Crippen LogP contribution in [0.4, 0.5) is 0 Å². The first kappa shape index (κ1) is 30.5. The van der Waals surface area contributed by atoms with E-state index in [1.807, 2.05) is 0 Å². The van der Waals surface area contributed by atoms with Crippen LogP contribution in [0.1, 0.15) is 83.8 Å². The van der Waals surface area contributed by atoms with Crippen LogP contribution in [0.25, 0.3) is 54.8 Å². The summed E-state index contributed by atoms with van der Waals surface area (Å²) in [6.45, 7) is 0. The van der Waals surface area contributed by atoms with Gasteiger partial charge in [0.15, 0.2) is 0 Å². The van der Waals surface area contributed by atoms with E-state index >= 15 is 0 Å². The van der Waals surface area contributed by atoms with E-state index in [0.29, 0.717) is 17.1 Å². The minimum absolute atomic E-state index is 0.357. The summed E-state index contributed by atoms with van der Waals surface area (Å²) >= 11 is 2.12. The Morgan fingerprint density at radius 1 is 0.712 bits per heavy atom. The molecule has 0 radical (unpaired) electrons. The van der Waals surface area contributed by atoms with Crippen LogP contribution >= 0.6 is 11.8 Å². The van der Waals surface area contributed by atoms with Crippen LogP contribution in [0.15, 0.2) is 144 Å². The lowest BCUT2D eigenvalue weighted by Crippen LogP contribution is -2.15. The zero-order valence-electron chi connectivity index (χ0n) is 29.3. The average molecular weight is 689 g/mol. The van der Waals surface area contributed by atoms with Gasteiger partial charge in [-0.3, -0.25) is 4.98 Å². The molecule has 2 nitrogen and oxygen atoms in total. The maximum Gasteiger partial charge on any atom is 0.0723 e. The van der Waals surface area contributed by atoms with Gasteiger partial charge < -0.3 is 4.57 Å². The Bertz CT molecular complexity index is 2670. The second kappa shape index (κ2) is 12.2. The Morgan fingerprint density at radius 2 is 1.54 bits per heavy atom. The molecular formula is C49H40N2S. The molecule has 11 rings (SSSR count). The summed E-state index contributed by atoms with van der Waals surface area (Å²) in [5.74, 6) is 0.838. The molecule has 0 amide bonds. The molecule has 3 aliphatic carbocycles. The first-order valence-electron chi connectivity index (χ1n) is 19.2. The smallest absolute Gasteiger partial charge is 0.0723 e. The number of aromatic nitrogens is 2. The highest BCUT2D eigenvalue weighted by Crippen LogP contribution is 2.63. The molecule has 0 saturated carbocycles. The summed E-state index contributed by atoms with van der Waals surface area (Å²) in [7, 11) is 0. The van der Waals surface area contributed by atoms with Crippen molar-refractivity contribution in [2.45, 2.75) is 66.9 Å². The van der Waals surface area contributed by atoms with E-state index in [1.54, 1.807) is 5.56 Å². The van der Waals surface area contributed by atoms with Gasteiger partial charge in [0.05, 0.1) is 16.9 Å². The van der Waals surface area contributed by atoms with E-state index in [9.17, 15) is 0 Å². The van der Waals surface area contributed by atoms with Gasteiger partial charge in [0.25, 0.3) is 0 Å². The average Bonchev–Trinajstić information content (AvgIpc) is 3.77. The fourth-order valence-electron chi connectivity index (χ4n) is 9.74. The molecule has 252 valence electrons. The summed E-state index contributed by atoms with van der Waals surface area (Å²) in [5, 5.41) is 7.10. The number of hydrogen-bond acceptors (Lipinski definition) is 2. The number of allylic oxidation sites excluding steroid dienone is 6. The number of rotatable bonds is 4. The molecule has 0 saturated heterocycles. The van der Waals surface area contributed by atoms with Crippen LogP contribution in [0.5, 0.6) is 0 Å². The van der Waals surface area contributed by atoms with E-state index in [-0.39, 0.29) is 0 Å². The molecule has 3 heterocycles. The molecule has 3 unspecified atom stereocenters. The quantitative estimate of drug-likeness (QED) is 0.171. The molecule has 0 bridgehead atoms. The highest BCUT2D eigenvalue weighted by molar-refractivity contribution is 8.00. The molecule has 7 aromatic rings. The third-order valence-electron chi connectivity index (χ3n) is 12.1. The predicted octanol–water partition coefficient (Wildman–Crippen LogP) is 13.4. The maximum atomic E-state index is 5.38. The van der Waals surface area contributed by atoms with Crippen molar-refractivity contribution in [1.29, 1.82) is 0 Å². The van der Waals surface area contributed by atoms with Crippen molar-refractivity contribution >= 4 is 49.8 Å². The van der Waals surface area contributed by atoms with Crippen molar-refractivity contribution in [3.63, 3.8) is 0 Å². The molecule has 52 heavy (non-hydrogen) atoms. The minimum Gasteiger partial charge on any atom is -0.313 e. The second-order valence-corrected chi connectivity index (χ2v) is 16.2. The molecule has 0 spiro atoms. The summed E-state index contributed by atoms with van der Waals surface area (Å²) in [6, 6.07) is 41.3. The number of nitrogens with zero attached hydrogens (tertiary/aromatic N) is 2. The first-order chi connectivity index (χ1) is 25.8. The zero-order valence-corrected chi connectivity index (χ0v) is 30.1. The third kappa shape index (κ3) is 4.75. The van der Waals surface area contributed by atoms with Crippen molar-refractivity contribution in [2.24, 2.45) is 0 Å². The van der Waals surface area contributed by atoms with Crippen molar-refractivity contribution in [2.75, 3.05) is 0 Å². The second-order valence-electron chi connectivity index (χ2n) is 15.1. The molecule has 5 aromatic carbocycles. The van der Waals surface area contributed by atoms with Crippen LogP contribution in [-0.4, -0.2) is 9.55 Å². The summed E-state index contributed by atoms with van der Waals surface area (Å²) in [4.78, 5) is 6.85. The Balaban J connectivity index is 1.14. The van der Waals surface area contributed by atoms with Gasteiger partial charge in [0.1, 0.15) is 0 Å². The Morgan fingerprint density at radius 3 is 2.40 bits per heavy atom. The number of pyridine rings is 1. The van der Waals surface area contributed by atoms with Crippen molar-refractivity contribution in [1.82, 2.24) is 9.55 Å². The lowest BCUT2D eigenvalue weighted by atomic mass is 9.80. The van der Waals surface area contributed by atoms with Gasteiger partial charge in [0, 0.05) is 38.7 Å². The summed E-state index contributed by atoms with van der Waals surface area (Å²) < 4.78 is 2.65. The van der Waals surface area contributed by atoms with Gasteiger partial charge >= 0.3 is 0 Å². The molecule has 3 heteroatoms. The normalized spacial score (nSPS) is 20.6. The van der Waals surface area contributed by atoms with Crippen molar-refractivity contribution in [3.05, 3.63) is 168 Å². The molecule has 0 fully saturated rings. The predicted molar refractivity (Wildman–Crippen MR) is 220 cm³/mol. The molecule has 0 N–H and O–H groups in total. The lowest BCUT2D eigenvalue weighted by molar-refractivity contribution is 0.571. The van der Waals surface area contributed by atoms with E-state index in [1.165, 1.54) is 89.5 Å². The minimum atomic E-state index is 0.357. The topological polar surface area (TPSA) is 17.8 Å². The van der Waals surface area contributed by atoms with E-state index in [2.05, 4.69) is 156 Å². The first-order valence-corrected chi connectivity index (χ1v) is 20.1. The SMILES string of the molecule is C1=CC(c2cc(-n3c4c(c5c6ccccc6ccc53)C3Sc5c(-c6cccc7ccccc67)cccc5C3CC4)cc(C3C=CCCC3)n2)=CCC1. The van der Waals surface area contributed by atoms with Crippen LogP contribution in [-0.2, 0) is 6.42 Å².